The Morgan fingerprint density at radius 2 is 2.03 bits per heavy atom. The zero-order chi connectivity index (χ0) is 24.6. The second kappa shape index (κ2) is 9.96. The van der Waals surface area contributed by atoms with Crippen molar-refractivity contribution in [1.82, 2.24) is 14.3 Å². The van der Waals surface area contributed by atoms with E-state index in [1.54, 1.807) is 12.1 Å². The SMILES string of the molecule is COCc1ccc(Nc2cc(NC(=O)C3CC3)nc3c2nc(C(F)F)n3PI)c(S(C)(=O)=O)c1. The minimum atomic E-state index is -3.65. The summed E-state index contributed by atoms with van der Waals surface area (Å²) in [7, 11) is -2.15. The Hall–Kier alpha value is -1.96. The van der Waals surface area contributed by atoms with Crippen LogP contribution in [0.3, 0.4) is 0 Å². The fraction of sp³-hybridized carbons (Fsp3) is 0.350. The zero-order valence-corrected chi connectivity index (χ0v) is 22.1. The lowest BCUT2D eigenvalue weighted by atomic mass is 10.2. The number of imidazole rings is 1. The summed E-state index contributed by atoms with van der Waals surface area (Å²) in [5, 5.41) is 5.75. The Kier molecular flexibility index (Phi) is 7.36. The van der Waals surface area contributed by atoms with Crippen molar-refractivity contribution in [2.75, 3.05) is 24.0 Å². The molecule has 1 aliphatic rings. The van der Waals surface area contributed by atoms with E-state index < -0.39 is 22.1 Å². The monoisotopic (exact) mass is 623 g/mol. The van der Waals surface area contributed by atoms with Crippen LogP contribution in [0.1, 0.15) is 30.7 Å². The van der Waals surface area contributed by atoms with Gasteiger partial charge in [0.1, 0.15) is 11.3 Å². The van der Waals surface area contributed by atoms with Crippen molar-refractivity contribution in [2.45, 2.75) is 30.8 Å². The summed E-state index contributed by atoms with van der Waals surface area (Å²) in [5.41, 5.74) is 1.44. The Morgan fingerprint density at radius 1 is 1.29 bits per heavy atom. The third kappa shape index (κ3) is 5.31. The highest BCUT2D eigenvalue weighted by atomic mass is 127. The summed E-state index contributed by atoms with van der Waals surface area (Å²) >= 11 is 1.96. The lowest BCUT2D eigenvalue weighted by Gasteiger charge is -2.14. The third-order valence-electron chi connectivity index (χ3n) is 5.15. The topological polar surface area (TPSA) is 115 Å². The van der Waals surface area contributed by atoms with Gasteiger partial charge in [-0.1, -0.05) is 6.07 Å². The van der Waals surface area contributed by atoms with Crippen LogP contribution in [0.25, 0.3) is 11.2 Å². The molecule has 14 heteroatoms. The van der Waals surface area contributed by atoms with Gasteiger partial charge in [-0.05, 0) is 52.6 Å². The molecule has 2 heterocycles. The maximum absolute atomic E-state index is 13.7. The molecule has 182 valence electrons. The van der Waals surface area contributed by atoms with Crippen molar-refractivity contribution in [1.29, 1.82) is 0 Å². The Balaban J connectivity index is 1.86. The predicted molar refractivity (Wildman–Crippen MR) is 135 cm³/mol. The average Bonchev–Trinajstić information content (AvgIpc) is 3.55. The van der Waals surface area contributed by atoms with Crippen LogP contribution in [-0.4, -0.2) is 42.0 Å². The number of methoxy groups -OCH3 is 1. The molecule has 1 amide bonds. The van der Waals surface area contributed by atoms with Crippen molar-refractivity contribution in [2.24, 2.45) is 5.92 Å². The molecule has 1 unspecified atom stereocenters. The summed E-state index contributed by atoms with van der Waals surface area (Å²) in [6.45, 7) is 0.221. The number of benzene rings is 1. The van der Waals surface area contributed by atoms with E-state index in [-0.39, 0.29) is 58.1 Å². The number of nitrogens with one attached hydrogen (secondary N) is 2. The van der Waals surface area contributed by atoms with Crippen LogP contribution in [0.5, 0.6) is 0 Å². The molecule has 0 radical (unpaired) electrons. The lowest BCUT2D eigenvalue weighted by Crippen LogP contribution is -2.15. The summed E-state index contributed by atoms with van der Waals surface area (Å²) in [6, 6.07) is 6.24. The first-order chi connectivity index (χ1) is 16.1. The van der Waals surface area contributed by atoms with Crippen molar-refractivity contribution < 1.29 is 26.7 Å². The number of anilines is 3. The minimum absolute atomic E-state index is 0.0138. The molecule has 0 saturated heterocycles. The van der Waals surface area contributed by atoms with Gasteiger partial charge in [-0.15, -0.1) is 0 Å². The van der Waals surface area contributed by atoms with E-state index in [0.29, 0.717) is 5.56 Å². The number of fused-ring (bicyclic) bond motifs is 1. The molecule has 3 aromatic rings. The molecule has 9 nitrogen and oxygen atoms in total. The quantitative estimate of drug-likeness (QED) is 0.260. The summed E-state index contributed by atoms with van der Waals surface area (Å²) in [5.74, 6) is -0.578. The summed E-state index contributed by atoms with van der Waals surface area (Å²) < 4.78 is 58.7. The highest BCUT2D eigenvalue weighted by molar-refractivity contribution is 14.2. The van der Waals surface area contributed by atoms with Crippen molar-refractivity contribution >= 4 is 72.5 Å². The smallest absolute Gasteiger partial charge is 0.295 e. The molecular weight excluding hydrogens is 602 g/mol. The van der Waals surface area contributed by atoms with Gasteiger partial charge >= 0.3 is 0 Å². The number of hydrogen-bond donors (Lipinski definition) is 2. The van der Waals surface area contributed by atoms with Crippen LogP contribution in [0.15, 0.2) is 29.2 Å². The molecule has 1 aromatic carbocycles. The van der Waals surface area contributed by atoms with Gasteiger partial charge < -0.3 is 15.4 Å². The Morgan fingerprint density at radius 3 is 2.62 bits per heavy atom. The Bertz CT molecular complexity index is 1360. The minimum Gasteiger partial charge on any atom is -0.380 e. The molecule has 2 N–H and O–H groups in total. The number of carbonyl (C=O) groups excluding carboxylic acids is 1. The van der Waals surface area contributed by atoms with Crippen LogP contribution < -0.4 is 10.6 Å². The number of aromatic nitrogens is 3. The second-order valence-electron chi connectivity index (χ2n) is 7.84. The fourth-order valence-electron chi connectivity index (χ4n) is 3.41. The molecule has 0 bridgehead atoms. The Labute approximate surface area is 209 Å². The summed E-state index contributed by atoms with van der Waals surface area (Å²) in [4.78, 5) is 20.8. The maximum atomic E-state index is 13.7. The normalized spacial score (nSPS) is 14.4. The number of ether oxygens (including phenoxy) is 1. The number of hydrogen-bond acceptors (Lipinski definition) is 7. The van der Waals surface area contributed by atoms with Crippen LogP contribution in [0, 0.1) is 5.92 Å². The molecule has 1 saturated carbocycles. The van der Waals surface area contributed by atoms with Crippen LogP contribution >= 0.6 is 28.4 Å². The van der Waals surface area contributed by atoms with E-state index in [4.69, 9.17) is 4.74 Å². The molecule has 1 atom stereocenters. The predicted octanol–water partition coefficient (Wildman–Crippen LogP) is 4.80. The lowest BCUT2D eigenvalue weighted by molar-refractivity contribution is -0.117. The van der Waals surface area contributed by atoms with Gasteiger partial charge in [0, 0.05) is 25.3 Å². The number of pyridine rings is 1. The highest BCUT2D eigenvalue weighted by Gasteiger charge is 2.30. The molecule has 0 spiro atoms. The molecule has 1 fully saturated rings. The number of alkyl halides is 2. The summed E-state index contributed by atoms with van der Waals surface area (Å²) in [6.07, 6.45) is -0.309. The number of nitrogens with zero attached hydrogens (tertiary/aromatic N) is 3. The number of halogens is 3. The molecule has 0 aliphatic heterocycles. The second-order valence-corrected chi connectivity index (χ2v) is 11.9. The van der Waals surface area contributed by atoms with E-state index in [2.05, 4.69) is 20.6 Å². The number of rotatable bonds is 9. The maximum Gasteiger partial charge on any atom is 0.295 e. The third-order valence-corrected chi connectivity index (χ3v) is 8.34. The molecule has 1 aliphatic carbocycles. The van der Waals surface area contributed by atoms with E-state index in [9.17, 15) is 22.0 Å². The van der Waals surface area contributed by atoms with E-state index in [1.807, 2.05) is 22.0 Å². The van der Waals surface area contributed by atoms with Gasteiger partial charge in [0.05, 0.1) is 29.3 Å². The van der Waals surface area contributed by atoms with Gasteiger partial charge in [-0.2, -0.15) is 0 Å². The van der Waals surface area contributed by atoms with Gasteiger partial charge in [-0.3, -0.25) is 9.13 Å². The van der Waals surface area contributed by atoms with Crippen LogP contribution in [0.2, 0.25) is 0 Å². The van der Waals surface area contributed by atoms with E-state index >= 15 is 0 Å². The molecule has 34 heavy (non-hydrogen) atoms. The molecular formula is C20H21F2IN5O4PS. The first-order valence-electron chi connectivity index (χ1n) is 10.1. The van der Waals surface area contributed by atoms with Gasteiger partial charge in [-0.25, -0.2) is 27.2 Å². The van der Waals surface area contributed by atoms with Crippen molar-refractivity contribution in [3.05, 3.63) is 35.7 Å². The van der Waals surface area contributed by atoms with Gasteiger partial charge in [0.2, 0.25) is 5.91 Å². The first kappa shape index (κ1) is 25.1. The number of amides is 1. The molecule has 2 aromatic heterocycles. The van der Waals surface area contributed by atoms with Crippen LogP contribution in [0.4, 0.5) is 26.0 Å². The van der Waals surface area contributed by atoms with Gasteiger partial charge in [0.15, 0.2) is 21.3 Å². The largest absolute Gasteiger partial charge is 0.380 e. The van der Waals surface area contributed by atoms with E-state index in [0.717, 1.165) is 19.1 Å². The zero-order valence-electron chi connectivity index (χ0n) is 18.1. The number of carbonyl (C=O) groups is 1. The van der Waals surface area contributed by atoms with Crippen LogP contribution in [-0.2, 0) is 26.0 Å². The highest BCUT2D eigenvalue weighted by Crippen LogP contribution is 2.39. The average molecular weight is 623 g/mol. The first-order valence-corrected chi connectivity index (χ1v) is 16.1. The standard InChI is InChI=1S/C20H21F2IN5O4PS/c1-32-9-10-3-6-12(14(7-10)34(2,30)31)24-13-8-15(26-20(29)11-4-5-11)25-18-16(13)27-19(17(21)22)28(18)33-23/h3,6-8,11,17,33H,4-5,9H2,1-2H3,(H2,24,25,26,29). The van der Waals surface area contributed by atoms with Gasteiger partial charge in [0.25, 0.3) is 6.43 Å². The number of sulfone groups is 1. The van der Waals surface area contributed by atoms with E-state index in [1.165, 1.54) is 23.6 Å². The van der Waals surface area contributed by atoms with Crippen molar-refractivity contribution in [3.8, 4) is 0 Å². The fourth-order valence-corrected chi connectivity index (χ4v) is 6.19. The molecule has 4 rings (SSSR count). The van der Waals surface area contributed by atoms with Crippen molar-refractivity contribution in [3.63, 3.8) is 0 Å².